The van der Waals surface area contributed by atoms with E-state index in [1.54, 1.807) is 11.1 Å². The molecule has 2 aliphatic rings. The maximum absolute atomic E-state index is 13.6. The van der Waals surface area contributed by atoms with Crippen molar-refractivity contribution in [1.29, 1.82) is 0 Å². The number of halogens is 2. The Balaban J connectivity index is 1.51. The van der Waals surface area contributed by atoms with Gasteiger partial charge in [0.1, 0.15) is 11.6 Å². The Bertz CT molecular complexity index is 891. The molecule has 6 nitrogen and oxygen atoms in total. The molecule has 1 saturated heterocycles. The first-order valence-electron chi connectivity index (χ1n) is 9.61. The summed E-state index contributed by atoms with van der Waals surface area (Å²) in [7, 11) is 0. The van der Waals surface area contributed by atoms with Crippen LogP contribution < -0.4 is 5.32 Å². The fourth-order valence-corrected chi connectivity index (χ4v) is 4.03. The first kappa shape index (κ1) is 18.6. The van der Waals surface area contributed by atoms with E-state index in [-0.39, 0.29) is 24.4 Å². The molecular weight excluding hydrogens is 366 g/mol. The van der Waals surface area contributed by atoms with Crippen LogP contribution in [0.1, 0.15) is 49.4 Å². The van der Waals surface area contributed by atoms with Crippen molar-refractivity contribution in [2.24, 2.45) is 0 Å². The zero-order valence-electron chi connectivity index (χ0n) is 15.5. The van der Waals surface area contributed by atoms with E-state index in [1.807, 2.05) is 0 Å². The lowest BCUT2D eigenvalue weighted by atomic mass is 9.93. The molecule has 2 heterocycles. The number of likely N-dealkylation sites (tertiary alicyclic amines) is 1. The van der Waals surface area contributed by atoms with Crippen LogP contribution in [0.3, 0.4) is 0 Å². The van der Waals surface area contributed by atoms with E-state index < -0.39 is 11.6 Å². The standard InChI is InChI=1S/C20H22F2N4O2/c21-13-8-14(22)10-15(9-13)26-18-5-3-4-17(16(18)11-23-26)24-19(27)12-25-7-2-1-6-20(25)28/h8-11,17H,1-7,12H2,(H,24,27)/t17-/m1/s1. The number of hydrogen-bond donors (Lipinski definition) is 1. The lowest BCUT2D eigenvalue weighted by molar-refractivity contribution is -0.138. The van der Waals surface area contributed by atoms with E-state index >= 15 is 0 Å². The Morgan fingerprint density at radius 3 is 2.68 bits per heavy atom. The predicted octanol–water partition coefficient (Wildman–Crippen LogP) is 2.66. The molecule has 1 aliphatic heterocycles. The first-order chi connectivity index (χ1) is 13.5. The monoisotopic (exact) mass is 388 g/mol. The number of nitrogens with zero attached hydrogens (tertiary/aromatic N) is 3. The molecule has 2 aromatic rings. The highest BCUT2D eigenvalue weighted by Gasteiger charge is 2.28. The number of amides is 2. The summed E-state index contributed by atoms with van der Waals surface area (Å²) in [5.41, 5.74) is 2.02. The van der Waals surface area contributed by atoms with Crippen molar-refractivity contribution in [3.05, 3.63) is 47.3 Å². The number of carbonyl (C=O) groups is 2. The smallest absolute Gasteiger partial charge is 0.240 e. The molecule has 0 spiro atoms. The van der Waals surface area contributed by atoms with Gasteiger partial charge in [-0.1, -0.05) is 0 Å². The molecule has 0 radical (unpaired) electrons. The molecule has 2 amide bonds. The summed E-state index contributed by atoms with van der Waals surface area (Å²) in [4.78, 5) is 26.0. The van der Waals surface area contributed by atoms with Gasteiger partial charge in [0.15, 0.2) is 0 Å². The molecular formula is C20H22F2N4O2. The van der Waals surface area contributed by atoms with E-state index in [4.69, 9.17) is 0 Å². The fourth-order valence-electron chi connectivity index (χ4n) is 4.03. The van der Waals surface area contributed by atoms with Gasteiger partial charge >= 0.3 is 0 Å². The van der Waals surface area contributed by atoms with Crippen LogP contribution in [0.4, 0.5) is 8.78 Å². The summed E-state index contributed by atoms with van der Waals surface area (Å²) in [6.07, 6.45) is 6.24. The quantitative estimate of drug-likeness (QED) is 0.876. The molecule has 1 fully saturated rings. The third-order valence-corrected chi connectivity index (χ3v) is 5.37. The van der Waals surface area contributed by atoms with Crippen LogP contribution in [0.15, 0.2) is 24.4 Å². The number of carbonyl (C=O) groups excluding carboxylic acids is 2. The topological polar surface area (TPSA) is 67.2 Å². The van der Waals surface area contributed by atoms with Crippen LogP contribution >= 0.6 is 0 Å². The Kier molecular flexibility index (Phi) is 5.11. The molecule has 1 aromatic heterocycles. The summed E-state index contributed by atoms with van der Waals surface area (Å²) in [5.74, 6) is -1.50. The van der Waals surface area contributed by atoms with Gasteiger partial charge in [-0.2, -0.15) is 5.10 Å². The average Bonchev–Trinajstić information content (AvgIpc) is 3.08. The molecule has 148 valence electrons. The Labute approximate surface area is 161 Å². The summed E-state index contributed by atoms with van der Waals surface area (Å²) < 4.78 is 28.7. The van der Waals surface area contributed by atoms with Crippen molar-refractivity contribution < 1.29 is 18.4 Å². The maximum Gasteiger partial charge on any atom is 0.240 e. The highest BCUT2D eigenvalue weighted by molar-refractivity contribution is 5.85. The fraction of sp³-hybridized carbons (Fsp3) is 0.450. The largest absolute Gasteiger partial charge is 0.348 e. The molecule has 0 saturated carbocycles. The van der Waals surface area contributed by atoms with E-state index in [2.05, 4.69) is 10.4 Å². The van der Waals surface area contributed by atoms with Crippen molar-refractivity contribution in [2.75, 3.05) is 13.1 Å². The van der Waals surface area contributed by atoms with Crippen LogP contribution in [0.2, 0.25) is 0 Å². The second kappa shape index (κ2) is 7.69. The van der Waals surface area contributed by atoms with Gasteiger partial charge in [0, 0.05) is 30.3 Å². The minimum Gasteiger partial charge on any atom is -0.348 e. The zero-order valence-corrected chi connectivity index (χ0v) is 15.5. The third kappa shape index (κ3) is 3.76. The number of aromatic nitrogens is 2. The van der Waals surface area contributed by atoms with Crippen molar-refractivity contribution >= 4 is 11.8 Å². The number of rotatable bonds is 4. The highest BCUT2D eigenvalue weighted by atomic mass is 19.1. The Morgan fingerprint density at radius 2 is 1.93 bits per heavy atom. The SMILES string of the molecule is O=C(CN1CCCCC1=O)N[C@@H]1CCCc2c1cnn2-c1cc(F)cc(F)c1. The van der Waals surface area contributed by atoms with E-state index in [0.29, 0.717) is 25.1 Å². The van der Waals surface area contributed by atoms with Crippen LogP contribution in [0, 0.1) is 11.6 Å². The van der Waals surface area contributed by atoms with Gasteiger partial charge in [0.2, 0.25) is 11.8 Å². The number of nitrogens with one attached hydrogen (secondary N) is 1. The van der Waals surface area contributed by atoms with Gasteiger partial charge in [0.25, 0.3) is 0 Å². The summed E-state index contributed by atoms with van der Waals surface area (Å²) >= 11 is 0. The van der Waals surface area contributed by atoms with Crippen molar-refractivity contribution in [2.45, 2.75) is 44.6 Å². The van der Waals surface area contributed by atoms with E-state index in [1.165, 1.54) is 16.8 Å². The third-order valence-electron chi connectivity index (χ3n) is 5.37. The number of fused-ring (bicyclic) bond motifs is 1. The molecule has 0 unspecified atom stereocenters. The van der Waals surface area contributed by atoms with Crippen LogP contribution in [0.5, 0.6) is 0 Å². The second-order valence-corrected chi connectivity index (χ2v) is 7.37. The van der Waals surface area contributed by atoms with Gasteiger partial charge in [-0.25, -0.2) is 13.5 Å². The molecule has 1 aromatic carbocycles. The van der Waals surface area contributed by atoms with Crippen LogP contribution in [0.25, 0.3) is 5.69 Å². The molecule has 0 bridgehead atoms. The molecule has 28 heavy (non-hydrogen) atoms. The van der Waals surface area contributed by atoms with Gasteiger partial charge in [-0.15, -0.1) is 0 Å². The van der Waals surface area contributed by atoms with Crippen LogP contribution in [-0.2, 0) is 16.0 Å². The first-order valence-corrected chi connectivity index (χ1v) is 9.61. The summed E-state index contributed by atoms with van der Waals surface area (Å²) in [5, 5.41) is 7.30. The summed E-state index contributed by atoms with van der Waals surface area (Å²) in [6.45, 7) is 0.680. The highest BCUT2D eigenvalue weighted by Crippen LogP contribution is 2.31. The Hall–Kier alpha value is -2.77. The van der Waals surface area contributed by atoms with E-state index in [9.17, 15) is 18.4 Å². The lowest BCUT2D eigenvalue weighted by Crippen LogP contribution is -2.44. The van der Waals surface area contributed by atoms with Gasteiger partial charge < -0.3 is 10.2 Å². The minimum atomic E-state index is -0.661. The van der Waals surface area contributed by atoms with Gasteiger partial charge in [-0.3, -0.25) is 9.59 Å². The number of benzene rings is 1. The van der Waals surface area contributed by atoms with E-state index in [0.717, 1.165) is 43.0 Å². The number of hydrogen-bond acceptors (Lipinski definition) is 3. The second-order valence-electron chi connectivity index (χ2n) is 7.37. The van der Waals surface area contributed by atoms with Gasteiger partial charge in [0.05, 0.1) is 24.5 Å². The van der Waals surface area contributed by atoms with Crippen molar-refractivity contribution in [3.63, 3.8) is 0 Å². The van der Waals surface area contributed by atoms with Gasteiger partial charge in [-0.05, 0) is 44.2 Å². The zero-order chi connectivity index (χ0) is 19.7. The molecule has 1 aliphatic carbocycles. The summed E-state index contributed by atoms with van der Waals surface area (Å²) in [6, 6.07) is 3.08. The molecule has 1 atom stereocenters. The normalized spacial score (nSPS) is 19.4. The average molecular weight is 388 g/mol. The Morgan fingerprint density at radius 1 is 1.14 bits per heavy atom. The molecule has 4 rings (SSSR count). The van der Waals surface area contributed by atoms with Crippen molar-refractivity contribution in [1.82, 2.24) is 20.0 Å². The number of piperidine rings is 1. The minimum absolute atomic E-state index is 0.0201. The molecule has 1 N–H and O–H groups in total. The maximum atomic E-state index is 13.6. The van der Waals surface area contributed by atoms with Crippen molar-refractivity contribution in [3.8, 4) is 5.69 Å². The van der Waals surface area contributed by atoms with Crippen LogP contribution in [-0.4, -0.2) is 39.6 Å². The lowest BCUT2D eigenvalue weighted by Gasteiger charge is -2.28. The predicted molar refractivity (Wildman–Crippen MR) is 97.7 cm³/mol. The molecule has 8 heteroatoms.